The van der Waals surface area contributed by atoms with Crippen molar-refractivity contribution in [3.8, 4) is 11.1 Å². The van der Waals surface area contributed by atoms with Gasteiger partial charge < -0.3 is 0 Å². The maximum absolute atomic E-state index is 12.7. The van der Waals surface area contributed by atoms with E-state index in [1.165, 1.54) is 37.3 Å². The maximum Gasteiger partial charge on any atom is 0.416 e. The second-order valence-corrected chi connectivity index (χ2v) is 9.94. The molecule has 3 rings (SSSR count). The van der Waals surface area contributed by atoms with Crippen LogP contribution in [-0.2, 0) is 6.18 Å². The molecule has 0 atom stereocenters. The standard InChI is InChI=1S/C21H25F3Si/c1-2-25-20-13-9-18(10-14-20)16-5-3-15(4-6-16)17-7-11-19(12-8-17)21(22,23)24/h3-8,11-12,18,20H,2,9-10,13-14,25H2,1H3/t18-,20-. The van der Waals surface area contributed by atoms with Gasteiger partial charge in [0.05, 0.1) is 5.56 Å². The van der Waals surface area contributed by atoms with Crippen LogP contribution < -0.4 is 0 Å². The average molecular weight is 363 g/mol. The van der Waals surface area contributed by atoms with Gasteiger partial charge in [-0.1, -0.05) is 67.7 Å². The SMILES string of the molecule is CC[SiH2][C@H]1CC[C@H](c2ccc(-c3ccc(C(F)(F)F)cc3)cc2)CC1. The summed E-state index contributed by atoms with van der Waals surface area (Å²) in [5, 5.41) is 0. The first-order chi connectivity index (χ1) is 12.0. The maximum atomic E-state index is 12.7. The van der Waals surface area contributed by atoms with E-state index in [9.17, 15) is 13.2 Å². The van der Waals surface area contributed by atoms with Gasteiger partial charge in [0.2, 0.25) is 0 Å². The van der Waals surface area contributed by atoms with E-state index in [0.717, 1.165) is 28.8 Å². The molecular formula is C21H25F3Si. The van der Waals surface area contributed by atoms with Gasteiger partial charge in [0, 0.05) is 9.52 Å². The summed E-state index contributed by atoms with van der Waals surface area (Å²) >= 11 is 0. The van der Waals surface area contributed by atoms with Gasteiger partial charge in [0.25, 0.3) is 0 Å². The minimum atomic E-state index is -4.28. The molecule has 0 bridgehead atoms. The van der Waals surface area contributed by atoms with Crippen molar-refractivity contribution in [1.82, 2.24) is 0 Å². The summed E-state index contributed by atoms with van der Waals surface area (Å²) < 4.78 is 38.0. The van der Waals surface area contributed by atoms with E-state index in [1.54, 1.807) is 12.1 Å². The molecule has 1 fully saturated rings. The highest BCUT2D eigenvalue weighted by Crippen LogP contribution is 2.39. The number of hydrogen-bond acceptors (Lipinski definition) is 0. The number of halogens is 3. The van der Waals surface area contributed by atoms with E-state index < -0.39 is 11.7 Å². The lowest BCUT2D eigenvalue weighted by Crippen LogP contribution is -2.13. The number of benzene rings is 2. The Morgan fingerprint density at radius 3 is 1.84 bits per heavy atom. The van der Waals surface area contributed by atoms with Crippen molar-refractivity contribution in [2.24, 2.45) is 0 Å². The van der Waals surface area contributed by atoms with Crippen molar-refractivity contribution in [1.29, 1.82) is 0 Å². The highest BCUT2D eigenvalue weighted by Gasteiger charge is 2.30. The molecule has 0 aliphatic heterocycles. The molecule has 1 saturated carbocycles. The molecular weight excluding hydrogens is 337 g/mol. The van der Waals surface area contributed by atoms with E-state index in [0.29, 0.717) is 5.92 Å². The fraction of sp³-hybridized carbons (Fsp3) is 0.429. The van der Waals surface area contributed by atoms with Crippen LogP contribution in [0.3, 0.4) is 0 Å². The molecule has 0 nitrogen and oxygen atoms in total. The predicted molar refractivity (Wildman–Crippen MR) is 101 cm³/mol. The number of alkyl halides is 3. The third kappa shape index (κ3) is 4.54. The summed E-state index contributed by atoms with van der Waals surface area (Å²) in [6, 6.07) is 15.2. The van der Waals surface area contributed by atoms with Crippen molar-refractivity contribution in [3.05, 3.63) is 59.7 Å². The Morgan fingerprint density at radius 1 is 0.840 bits per heavy atom. The molecule has 25 heavy (non-hydrogen) atoms. The van der Waals surface area contributed by atoms with Crippen molar-refractivity contribution < 1.29 is 13.2 Å². The Bertz CT molecular complexity index is 666. The first kappa shape index (κ1) is 18.2. The van der Waals surface area contributed by atoms with E-state index in [1.807, 2.05) is 12.1 Å². The van der Waals surface area contributed by atoms with Gasteiger partial charge in [-0.25, -0.2) is 0 Å². The molecule has 0 saturated heterocycles. The molecule has 0 N–H and O–H groups in total. The lowest BCUT2D eigenvalue weighted by Gasteiger charge is -2.28. The van der Waals surface area contributed by atoms with Gasteiger partial charge in [-0.2, -0.15) is 13.2 Å². The van der Waals surface area contributed by atoms with Crippen LogP contribution in [-0.4, -0.2) is 9.52 Å². The van der Waals surface area contributed by atoms with E-state index in [2.05, 4.69) is 19.1 Å². The summed E-state index contributed by atoms with van der Waals surface area (Å²) in [6.07, 6.45) is 1.06. The van der Waals surface area contributed by atoms with E-state index in [4.69, 9.17) is 0 Å². The van der Waals surface area contributed by atoms with Crippen LogP contribution in [0.5, 0.6) is 0 Å². The highest BCUT2D eigenvalue weighted by molar-refractivity contribution is 6.37. The molecule has 0 spiro atoms. The highest BCUT2D eigenvalue weighted by atomic mass is 28.2. The van der Waals surface area contributed by atoms with E-state index in [-0.39, 0.29) is 9.52 Å². The molecule has 1 aliphatic carbocycles. The van der Waals surface area contributed by atoms with Gasteiger partial charge in [-0.3, -0.25) is 0 Å². The normalized spacial score (nSPS) is 21.8. The summed E-state index contributed by atoms with van der Waals surface area (Å²) in [5.41, 5.74) is 3.63. The third-order valence-electron chi connectivity index (χ3n) is 5.47. The molecule has 1 aliphatic rings. The van der Waals surface area contributed by atoms with Gasteiger partial charge in [0.1, 0.15) is 0 Å². The second kappa shape index (κ2) is 7.77. The van der Waals surface area contributed by atoms with Crippen molar-refractivity contribution in [2.75, 3.05) is 0 Å². The molecule has 0 aromatic heterocycles. The smallest absolute Gasteiger partial charge is 0.166 e. The van der Waals surface area contributed by atoms with Gasteiger partial charge in [-0.15, -0.1) is 0 Å². The van der Waals surface area contributed by atoms with Crippen LogP contribution in [0.4, 0.5) is 13.2 Å². The number of hydrogen-bond donors (Lipinski definition) is 0. The van der Waals surface area contributed by atoms with Crippen molar-refractivity contribution >= 4 is 9.52 Å². The van der Waals surface area contributed by atoms with E-state index >= 15 is 0 Å². The summed E-state index contributed by atoms with van der Waals surface area (Å²) in [6.45, 7) is 2.32. The molecule has 0 heterocycles. The Labute approximate surface area is 150 Å². The third-order valence-corrected chi connectivity index (χ3v) is 7.68. The largest absolute Gasteiger partial charge is 0.416 e. The van der Waals surface area contributed by atoms with Crippen LogP contribution in [0, 0.1) is 0 Å². The molecule has 0 amide bonds. The van der Waals surface area contributed by atoms with Gasteiger partial charge in [0.15, 0.2) is 0 Å². The molecule has 2 aromatic rings. The van der Waals surface area contributed by atoms with Crippen LogP contribution in [0.25, 0.3) is 11.1 Å². The number of rotatable bonds is 4. The molecule has 0 unspecified atom stereocenters. The minimum absolute atomic E-state index is 0.138. The first-order valence-electron chi connectivity index (χ1n) is 9.25. The first-order valence-corrected chi connectivity index (χ1v) is 11.1. The fourth-order valence-electron chi connectivity index (χ4n) is 3.99. The molecule has 4 heteroatoms. The fourth-order valence-corrected chi connectivity index (χ4v) is 5.86. The Morgan fingerprint density at radius 2 is 1.36 bits per heavy atom. The molecule has 0 radical (unpaired) electrons. The summed E-state index contributed by atoms with van der Waals surface area (Å²) in [4.78, 5) is 0. The lowest BCUT2D eigenvalue weighted by molar-refractivity contribution is -0.137. The lowest BCUT2D eigenvalue weighted by atomic mass is 9.83. The average Bonchev–Trinajstić information content (AvgIpc) is 2.62. The van der Waals surface area contributed by atoms with Crippen LogP contribution in [0.2, 0.25) is 11.6 Å². The van der Waals surface area contributed by atoms with Gasteiger partial charge in [-0.05, 0) is 47.6 Å². The Hall–Kier alpha value is -1.55. The molecule has 134 valence electrons. The Balaban J connectivity index is 1.66. The van der Waals surface area contributed by atoms with Crippen molar-refractivity contribution in [2.45, 2.75) is 56.3 Å². The second-order valence-electron chi connectivity index (χ2n) is 7.20. The zero-order valence-corrected chi connectivity index (χ0v) is 16.1. The van der Waals surface area contributed by atoms with Crippen LogP contribution >= 0.6 is 0 Å². The molecule has 2 aromatic carbocycles. The minimum Gasteiger partial charge on any atom is -0.166 e. The zero-order valence-electron chi connectivity index (χ0n) is 14.7. The van der Waals surface area contributed by atoms with Crippen LogP contribution in [0.1, 0.15) is 49.7 Å². The van der Waals surface area contributed by atoms with Gasteiger partial charge >= 0.3 is 6.18 Å². The summed E-state index contributed by atoms with van der Waals surface area (Å²) in [5.74, 6) is 0.656. The summed E-state index contributed by atoms with van der Waals surface area (Å²) in [7, 11) is 0.138. The topological polar surface area (TPSA) is 0 Å². The van der Waals surface area contributed by atoms with Crippen molar-refractivity contribution in [3.63, 3.8) is 0 Å². The predicted octanol–water partition coefficient (Wildman–Crippen LogP) is 6.43. The van der Waals surface area contributed by atoms with Crippen LogP contribution in [0.15, 0.2) is 48.5 Å². The quantitative estimate of drug-likeness (QED) is 0.550. The Kier molecular flexibility index (Phi) is 5.67. The zero-order chi connectivity index (χ0) is 17.9. The monoisotopic (exact) mass is 362 g/mol.